The maximum absolute atomic E-state index is 12.6. The molecule has 0 spiro atoms. The van der Waals surface area contributed by atoms with E-state index in [4.69, 9.17) is 12.2 Å². The van der Waals surface area contributed by atoms with Crippen LogP contribution in [0.25, 0.3) is 6.08 Å². The van der Waals surface area contributed by atoms with Crippen molar-refractivity contribution in [1.82, 2.24) is 4.90 Å². The number of benzene rings is 1. The standard InChI is InChI=1S/C17H17NO4S2/c1-2-3-4-13(16(21)22)18-15(20)14(24-17(18)23)9-11-5-7-12(10-19)8-6-11/h5-10,13H,2-4H2,1H3,(H,21,22)/b14-9-. The Hall–Kier alpha value is -1.99. The van der Waals surface area contributed by atoms with Crippen LogP contribution in [0.1, 0.15) is 42.1 Å². The highest BCUT2D eigenvalue weighted by Gasteiger charge is 2.40. The lowest BCUT2D eigenvalue weighted by molar-refractivity contribution is -0.145. The van der Waals surface area contributed by atoms with E-state index in [1.165, 1.54) is 4.90 Å². The fourth-order valence-electron chi connectivity index (χ4n) is 2.33. The summed E-state index contributed by atoms with van der Waals surface area (Å²) >= 11 is 6.32. The molecule has 0 aromatic heterocycles. The molecular formula is C17H17NO4S2. The van der Waals surface area contributed by atoms with E-state index < -0.39 is 12.0 Å². The van der Waals surface area contributed by atoms with Crippen LogP contribution in [0, 0.1) is 0 Å². The molecule has 1 atom stereocenters. The molecule has 1 aliphatic rings. The van der Waals surface area contributed by atoms with Crippen LogP contribution in [-0.4, -0.2) is 38.5 Å². The maximum atomic E-state index is 12.6. The Morgan fingerprint density at radius 1 is 1.33 bits per heavy atom. The summed E-state index contributed by atoms with van der Waals surface area (Å²) in [4.78, 5) is 36.3. The largest absolute Gasteiger partial charge is 0.480 e. The molecule has 1 fully saturated rings. The van der Waals surface area contributed by atoms with Crippen molar-refractivity contribution in [3.63, 3.8) is 0 Å². The minimum atomic E-state index is -1.05. The summed E-state index contributed by atoms with van der Waals surface area (Å²) in [5.74, 6) is -1.43. The van der Waals surface area contributed by atoms with Gasteiger partial charge in [-0.3, -0.25) is 14.5 Å². The minimum Gasteiger partial charge on any atom is -0.480 e. The fourth-order valence-corrected chi connectivity index (χ4v) is 3.69. The van der Waals surface area contributed by atoms with Gasteiger partial charge >= 0.3 is 5.97 Å². The van der Waals surface area contributed by atoms with Crippen LogP contribution in [0.5, 0.6) is 0 Å². The normalized spacial score (nSPS) is 17.4. The Morgan fingerprint density at radius 2 is 1.96 bits per heavy atom. The van der Waals surface area contributed by atoms with E-state index in [0.29, 0.717) is 23.3 Å². The maximum Gasteiger partial charge on any atom is 0.326 e. The molecule has 1 N–H and O–H groups in total. The summed E-state index contributed by atoms with van der Waals surface area (Å²) in [5.41, 5.74) is 1.30. The average Bonchev–Trinajstić information content (AvgIpc) is 2.83. The van der Waals surface area contributed by atoms with Crippen LogP contribution >= 0.6 is 24.0 Å². The number of carboxylic acids is 1. The first-order chi connectivity index (χ1) is 11.5. The molecule has 0 saturated carbocycles. The van der Waals surface area contributed by atoms with Crippen molar-refractivity contribution >= 4 is 52.5 Å². The first kappa shape index (κ1) is 18.4. The number of unbranched alkanes of at least 4 members (excludes halogenated alkanes) is 1. The number of hydrogen-bond acceptors (Lipinski definition) is 5. The summed E-state index contributed by atoms with van der Waals surface area (Å²) < 4.78 is 0.263. The molecule has 0 aliphatic carbocycles. The van der Waals surface area contributed by atoms with Gasteiger partial charge in [-0.05, 0) is 18.1 Å². The third-order valence-electron chi connectivity index (χ3n) is 3.62. The van der Waals surface area contributed by atoms with E-state index in [1.54, 1.807) is 30.3 Å². The number of carbonyl (C=O) groups is 3. The predicted molar refractivity (Wildman–Crippen MR) is 97.8 cm³/mol. The molecule has 5 nitrogen and oxygen atoms in total. The third-order valence-corrected chi connectivity index (χ3v) is 4.95. The molecule has 1 aromatic carbocycles. The van der Waals surface area contributed by atoms with Crippen molar-refractivity contribution in [3.05, 3.63) is 40.3 Å². The molecule has 1 amide bonds. The van der Waals surface area contributed by atoms with E-state index in [1.807, 2.05) is 6.92 Å². The first-order valence-electron chi connectivity index (χ1n) is 7.53. The fraction of sp³-hybridized carbons (Fsp3) is 0.294. The third kappa shape index (κ3) is 4.10. The molecule has 1 aliphatic heterocycles. The second kappa shape index (κ2) is 8.21. The first-order valence-corrected chi connectivity index (χ1v) is 8.75. The number of carboxylic acid groups (broad SMARTS) is 1. The van der Waals surface area contributed by atoms with Crippen LogP contribution in [0.4, 0.5) is 0 Å². The van der Waals surface area contributed by atoms with Crippen LogP contribution in [0.15, 0.2) is 29.2 Å². The van der Waals surface area contributed by atoms with Gasteiger partial charge in [-0.2, -0.15) is 0 Å². The molecule has 1 aromatic rings. The SMILES string of the molecule is CCCCC(C(=O)O)N1C(=O)/C(=C/c2ccc(C=O)cc2)SC1=S. The molecule has 126 valence electrons. The Balaban J connectivity index is 2.24. The number of amides is 1. The highest BCUT2D eigenvalue weighted by molar-refractivity contribution is 8.26. The van der Waals surface area contributed by atoms with Crippen molar-refractivity contribution in [3.8, 4) is 0 Å². The van der Waals surface area contributed by atoms with E-state index in [9.17, 15) is 19.5 Å². The average molecular weight is 363 g/mol. The Labute approximate surface area is 149 Å². The highest BCUT2D eigenvalue weighted by Crippen LogP contribution is 2.35. The Bertz CT molecular complexity index is 697. The molecule has 1 saturated heterocycles. The van der Waals surface area contributed by atoms with Gasteiger partial charge < -0.3 is 5.11 Å². The van der Waals surface area contributed by atoms with Crippen molar-refractivity contribution in [2.45, 2.75) is 32.2 Å². The van der Waals surface area contributed by atoms with E-state index >= 15 is 0 Å². The van der Waals surface area contributed by atoms with Crippen molar-refractivity contribution < 1.29 is 19.5 Å². The number of thiocarbonyl (C=S) groups is 1. The van der Waals surface area contributed by atoms with Gasteiger partial charge in [0.05, 0.1) is 4.91 Å². The number of thioether (sulfide) groups is 1. The van der Waals surface area contributed by atoms with Gasteiger partial charge in [-0.1, -0.05) is 68.0 Å². The molecule has 0 radical (unpaired) electrons. The summed E-state index contributed by atoms with van der Waals surface area (Å²) in [7, 11) is 0. The number of nitrogens with zero attached hydrogens (tertiary/aromatic N) is 1. The lowest BCUT2D eigenvalue weighted by Crippen LogP contribution is -2.43. The lowest BCUT2D eigenvalue weighted by atomic mass is 10.1. The molecular weight excluding hydrogens is 346 g/mol. The van der Waals surface area contributed by atoms with Crippen molar-refractivity contribution in [2.75, 3.05) is 0 Å². The highest BCUT2D eigenvalue weighted by atomic mass is 32.2. The lowest BCUT2D eigenvalue weighted by Gasteiger charge is -2.22. The second-order valence-electron chi connectivity index (χ2n) is 5.33. The van der Waals surface area contributed by atoms with Gasteiger partial charge in [0.2, 0.25) is 0 Å². The van der Waals surface area contributed by atoms with Crippen molar-refractivity contribution in [1.29, 1.82) is 0 Å². The van der Waals surface area contributed by atoms with Crippen LogP contribution in [-0.2, 0) is 9.59 Å². The molecule has 2 rings (SSSR count). The zero-order chi connectivity index (χ0) is 17.7. The molecule has 0 bridgehead atoms. The molecule has 7 heteroatoms. The van der Waals surface area contributed by atoms with Gasteiger partial charge in [0, 0.05) is 5.56 Å². The van der Waals surface area contributed by atoms with E-state index in [0.717, 1.165) is 30.0 Å². The van der Waals surface area contributed by atoms with E-state index in [2.05, 4.69) is 0 Å². The summed E-state index contributed by atoms with van der Waals surface area (Å²) in [6.45, 7) is 1.96. The smallest absolute Gasteiger partial charge is 0.326 e. The minimum absolute atomic E-state index is 0.263. The molecule has 1 unspecified atom stereocenters. The topological polar surface area (TPSA) is 74.7 Å². The number of hydrogen-bond donors (Lipinski definition) is 1. The van der Waals surface area contributed by atoms with Crippen molar-refractivity contribution in [2.24, 2.45) is 0 Å². The zero-order valence-corrected chi connectivity index (χ0v) is 14.7. The summed E-state index contributed by atoms with van der Waals surface area (Å²) in [6.07, 6.45) is 4.33. The quantitative estimate of drug-likeness (QED) is 0.455. The van der Waals surface area contributed by atoms with Crippen LogP contribution in [0.3, 0.4) is 0 Å². The second-order valence-corrected chi connectivity index (χ2v) is 7.01. The number of carbonyl (C=O) groups excluding carboxylic acids is 2. The Morgan fingerprint density at radius 3 is 2.50 bits per heavy atom. The van der Waals surface area contributed by atoms with Crippen LogP contribution < -0.4 is 0 Å². The predicted octanol–water partition coefficient (Wildman–Crippen LogP) is 3.34. The van der Waals surface area contributed by atoms with Gasteiger partial charge in [-0.25, -0.2) is 4.79 Å². The molecule has 1 heterocycles. The van der Waals surface area contributed by atoms with Gasteiger partial charge in [-0.15, -0.1) is 0 Å². The van der Waals surface area contributed by atoms with E-state index in [-0.39, 0.29) is 10.2 Å². The summed E-state index contributed by atoms with van der Waals surface area (Å²) in [6, 6.07) is 5.83. The van der Waals surface area contributed by atoms with Gasteiger partial charge in [0.15, 0.2) is 0 Å². The number of rotatable bonds is 7. The van der Waals surface area contributed by atoms with Gasteiger partial charge in [0.1, 0.15) is 16.6 Å². The zero-order valence-electron chi connectivity index (χ0n) is 13.1. The molecule has 24 heavy (non-hydrogen) atoms. The monoisotopic (exact) mass is 363 g/mol. The summed E-state index contributed by atoms with van der Waals surface area (Å²) in [5, 5.41) is 9.41. The van der Waals surface area contributed by atoms with Crippen LogP contribution in [0.2, 0.25) is 0 Å². The van der Waals surface area contributed by atoms with Gasteiger partial charge in [0.25, 0.3) is 5.91 Å². The number of aliphatic carboxylic acids is 1. The number of aldehydes is 1. The Kier molecular flexibility index (Phi) is 6.28.